The van der Waals surface area contributed by atoms with Crippen LogP contribution in [0.2, 0.25) is 0 Å². The van der Waals surface area contributed by atoms with Gasteiger partial charge >= 0.3 is 0 Å². The quantitative estimate of drug-likeness (QED) is 0.850. The molecule has 0 spiro atoms. The number of nitrogens with zero attached hydrogens (tertiary/aromatic N) is 3. The normalized spacial score (nSPS) is 12.8. The summed E-state index contributed by atoms with van der Waals surface area (Å²) in [5.41, 5.74) is 0. The zero-order chi connectivity index (χ0) is 14.5. The molecule has 110 valence electrons. The summed E-state index contributed by atoms with van der Waals surface area (Å²) in [4.78, 5) is 7.52. The monoisotopic (exact) mass is 294 g/mol. The fraction of sp³-hybridized carbons (Fsp3) is 0.571. The molecule has 0 aliphatic carbocycles. The van der Waals surface area contributed by atoms with Gasteiger partial charge in [0.25, 0.3) is 5.95 Å². The Morgan fingerprint density at radius 2 is 2.20 bits per heavy atom. The molecule has 6 heteroatoms. The zero-order valence-electron chi connectivity index (χ0n) is 12.5. The van der Waals surface area contributed by atoms with Crippen LogP contribution in [0.1, 0.15) is 37.1 Å². The molecule has 1 unspecified atom stereocenters. The molecule has 1 N–H and O–H groups in total. The predicted octanol–water partition coefficient (Wildman–Crippen LogP) is 3.07. The number of anilines is 1. The number of hydrogen-bond donors (Lipinski definition) is 1. The van der Waals surface area contributed by atoms with Gasteiger partial charge in [0, 0.05) is 25.0 Å². The van der Waals surface area contributed by atoms with E-state index in [4.69, 9.17) is 4.52 Å². The van der Waals surface area contributed by atoms with E-state index < -0.39 is 0 Å². The number of thiophene rings is 1. The Morgan fingerprint density at radius 1 is 1.40 bits per heavy atom. The first-order chi connectivity index (χ1) is 9.56. The van der Waals surface area contributed by atoms with Gasteiger partial charge in [-0.1, -0.05) is 19.9 Å². The highest BCUT2D eigenvalue weighted by molar-refractivity contribution is 7.10. The molecule has 0 aliphatic rings. The largest absolute Gasteiger partial charge is 0.344 e. The first-order valence-electron chi connectivity index (χ1n) is 6.83. The first-order valence-corrected chi connectivity index (χ1v) is 7.71. The molecule has 2 aromatic rings. The fourth-order valence-corrected chi connectivity index (χ4v) is 2.79. The van der Waals surface area contributed by atoms with Gasteiger partial charge in [-0.15, -0.1) is 11.3 Å². The van der Waals surface area contributed by atoms with Gasteiger partial charge in [-0.3, -0.25) is 0 Å². The maximum Gasteiger partial charge on any atom is 0.265 e. The summed E-state index contributed by atoms with van der Waals surface area (Å²) in [7, 11) is 3.80. The van der Waals surface area contributed by atoms with E-state index in [-0.39, 0.29) is 0 Å². The van der Waals surface area contributed by atoms with E-state index in [2.05, 4.69) is 46.8 Å². The summed E-state index contributed by atoms with van der Waals surface area (Å²) >= 11 is 1.78. The summed E-state index contributed by atoms with van der Waals surface area (Å²) in [5.74, 6) is 1.87. The molecule has 0 aromatic carbocycles. The highest BCUT2D eigenvalue weighted by Gasteiger charge is 2.16. The van der Waals surface area contributed by atoms with Crippen LogP contribution in [-0.2, 0) is 6.54 Å². The maximum absolute atomic E-state index is 5.24. The van der Waals surface area contributed by atoms with Crippen molar-refractivity contribution in [2.45, 2.75) is 32.9 Å². The van der Waals surface area contributed by atoms with E-state index in [1.165, 1.54) is 4.88 Å². The van der Waals surface area contributed by atoms with Crippen LogP contribution >= 0.6 is 11.3 Å². The second-order valence-corrected chi connectivity index (χ2v) is 6.44. The highest BCUT2D eigenvalue weighted by Crippen LogP contribution is 2.25. The molecule has 2 rings (SSSR count). The van der Waals surface area contributed by atoms with Crippen LogP contribution in [0, 0.1) is 5.92 Å². The molecule has 5 nitrogen and oxygen atoms in total. The second-order valence-electron chi connectivity index (χ2n) is 5.46. The summed E-state index contributed by atoms with van der Waals surface area (Å²) in [6, 6.07) is 4.60. The molecular weight excluding hydrogens is 272 g/mol. The van der Waals surface area contributed by atoms with Crippen LogP contribution in [0.4, 0.5) is 5.95 Å². The van der Waals surface area contributed by atoms with Crippen LogP contribution in [0.5, 0.6) is 0 Å². The molecule has 0 saturated carbocycles. The van der Waals surface area contributed by atoms with Gasteiger partial charge < -0.3 is 14.7 Å². The molecule has 0 bridgehead atoms. The van der Waals surface area contributed by atoms with E-state index in [0.29, 0.717) is 30.3 Å². The van der Waals surface area contributed by atoms with Crippen molar-refractivity contribution in [1.82, 2.24) is 15.5 Å². The third kappa shape index (κ3) is 4.05. The Morgan fingerprint density at radius 3 is 2.75 bits per heavy atom. The highest BCUT2D eigenvalue weighted by atomic mass is 32.1. The van der Waals surface area contributed by atoms with Gasteiger partial charge in [-0.25, -0.2) is 0 Å². The average molecular weight is 294 g/mol. The van der Waals surface area contributed by atoms with Crippen molar-refractivity contribution in [3.8, 4) is 0 Å². The summed E-state index contributed by atoms with van der Waals surface area (Å²) in [5, 5.41) is 9.55. The minimum absolute atomic E-state index is 0.338. The van der Waals surface area contributed by atoms with Gasteiger partial charge in [-0.2, -0.15) is 4.98 Å². The zero-order valence-corrected chi connectivity index (χ0v) is 13.3. The Bertz CT molecular complexity index is 507. The second kappa shape index (κ2) is 6.85. The Labute approximate surface area is 124 Å². The van der Waals surface area contributed by atoms with E-state index in [1.807, 2.05) is 19.0 Å². The van der Waals surface area contributed by atoms with Crippen molar-refractivity contribution >= 4 is 17.3 Å². The molecule has 0 amide bonds. The van der Waals surface area contributed by atoms with E-state index in [0.717, 1.165) is 6.42 Å². The minimum Gasteiger partial charge on any atom is -0.344 e. The van der Waals surface area contributed by atoms with E-state index in [9.17, 15) is 0 Å². The van der Waals surface area contributed by atoms with Crippen molar-refractivity contribution in [2.75, 3.05) is 19.0 Å². The molecule has 1 atom stereocenters. The van der Waals surface area contributed by atoms with Crippen LogP contribution in [0.25, 0.3) is 0 Å². The first kappa shape index (κ1) is 15.0. The van der Waals surface area contributed by atoms with Crippen LogP contribution < -0.4 is 10.2 Å². The fourth-order valence-electron chi connectivity index (χ4n) is 1.97. The average Bonchev–Trinajstić information content (AvgIpc) is 3.05. The van der Waals surface area contributed by atoms with Gasteiger partial charge in [-0.05, 0) is 28.9 Å². The lowest BCUT2D eigenvalue weighted by molar-refractivity contribution is 0.346. The summed E-state index contributed by atoms with van der Waals surface area (Å²) in [6.07, 6.45) is 1.09. The smallest absolute Gasteiger partial charge is 0.265 e. The summed E-state index contributed by atoms with van der Waals surface area (Å²) in [6.45, 7) is 5.06. The third-order valence-corrected chi connectivity index (χ3v) is 3.94. The number of hydrogen-bond acceptors (Lipinski definition) is 6. The molecule has 0 fully saturated rings. The molecule has 0 radical (unpaired) electrons. The lowest BCUT2D eigenvalue weighted by Crippen LogP contribution is -2.22. The molecule has 20 heavy (non-hydrogen) atoms. The van der Waals surface area contributed by atoms with Crippen molar-refractivity contribution < 1.29 is 4.52 Å². The number of nitrogens with one attached hydrogen (secondary N) is 1. The van der Waals surface area contributed by atoms with Gasteiger partial charge in [0.2, 0.25) is 5.89 Å². The van der Waals surface area contributed by atoms with Crippen LogP contribution in [-0.4, -0.2) is 24.2 Å². The van der Waals surface area contributed by atoms with Crippen LogP contribution in [0.3, 0.4) is 0 Å². The Kier molecular flexibility index (Phi) is 5.14. The summed E-state index contributed by atoms with van der Waals surface area (Å²) < 4.78 is 5.24. The third-order valence-electron chi connectivity index (χ3n) is 2.95. The van der Waals surface area contributed by atoms with Crippen LogP contribution in [0.15, 0.2) is 22.0 Å². The maximum atomic E-state index is 5.24. The van der Waals surface area contributed by atoms with Gasteiger partial charge in [0.15, 0.2) is 0 Å². The number of aromatic nitrogens is 2. The molecular formula is C14H22N4OS. The Hall–Kier alpha value is -1.40. The van der Waals surface area contributed by atoms with E-state index >= 15 is 0 Å². The standard InChI is InChI=1S/C14H22N4OS/c1-10(2)8-11(12-6-5-7-20-12)15-9-13-16-14(17-19-13)18(3)4/h5-7,10-11,15H,8-9H2,1-4H3. The van der Waals surface area contributed by atoms with Crippen molar-refractivity contribution in [1.29, 1.82) is 0 Å². The molecule has 0 aliphatic heterocycles. The van der Waals surface area contributed by atoms with Crippen molar-refractivity contribution in [3.63, 3.8) is 0 Å². The van der Waals surface area contributed by atoms with Gasteiger partial charge in [0.1, 0.15) is 0 Å². The lowest BCUT2D eigenvalue weighted by atomic mass is 10.0. The topological polar surface area (TPSA) is 54.2 Å². The van der Waals surface area contributed by atoms with Gasteiger partial charge in [0.05, 0.1) is 6.54 Å². The molecule has 2 aromatic heterocycles. The number of rotatable bonds is 7. The lowest BCUT2D eigenvalue weighted by Gasteiger charge is -2.18. The molecule has 2 heterocycles. The Balaban J connectivity index is 1.97. The van der Waals surface area contributed by atoms with E-state index in [1.54, 1.807) is 11.3 Å². The van der Waals surface area contributed by atoms with Crippen molar-refractivity contribution in [2.24, 2.45) is 5.92 Å². The SMILES string of the molecule is CC(C)CC(NCc1nc(N(C)C)no1)c1cccs1. The minimum atomic E-state index is 0.338. The predicted molar refractivity (Wildman–Crippen MR) is 82.0 cm³/mol. The van der Waals surface area contributed by atoms with Crippen molar-refractivity contribution in [3.05, 3.63) is 28.3 Å². The molecule has 0 saturated heterocycles.